The Morgan fingerprint density at radius 2 is 2.50 bits per heavy atom. The van der Waals surface area contributed by atoms with E-state index in [9.17, 15) is 0 Å². The van der Waals surface area contributed by atoms with Crippen molar-refractivity contribution in [3.05, 3.63) is 5.82 Å². The van der Waals surface area contributed by atoms with Gasteiger partial charge in [-0.3, -0.25) is 5.10 Å². The second-order valence-corrected chi connectivity index (χ2v) is 1.96. The summed E-state index contributed by atoms with van der Waals surface area (Å²) in [6.07, 6.45) is 0. The van der Waals surface area contributed by atoms with Crippen LogP contribution in [0.4, 0.5) is 5.95 Å². The number of nitrogens with zero attached hydrogens (tertiary/aromatic N) is 2. The molecule has 0 fully saturated rings. The molecule has 1 rings (SSSR count). The van der Waals surface area contributed by atoms with Crippen LogP contribution in [0.15, 0.2) is 0 Å². The standard InChI is InChI=1S/C5H11N5/c1-4-8-5(10-9-4)7-3-2-6/h2-3,6H2,1H3,(H2,7,8,9,10). The number of nitrogens with two attached hydrogens (primary N) is 1. The van der Waals surface area contributed by atoms with Crippen molar-refractivity contribution in [3.63, 3.8) is 0 Å². The average molecular weight is 141 g/mol. The molecule has 0 bridgehead atoms. The fourth-order valence-electron chi connectivity index (χ4n) is 0.606. The van der Waals surface area contributed by atoms with Gasteiger partial charge in [-0.25, -0.2) is 0 Å². The molecule has 0 aliphatic heterocycles. The van der Waals surface area contributed by atoms with E-state index in [0.29, 0.717) is 19.0 Å². The lowest BCUT2D eigenvalue weighted by Crippen LogP contribution is -2.13. The van der Waals surface area contributed by atoms with Crippen LogP contribution in [-0.4, -0.2) is 28.3 Å². The van der Waals surface area contributed by atoms with Gasteiger partial charge < -0.3 is 11.1 Å². The van der Waals surface area contributed by atoms with Crippen LogP contribution < -0.4 is 11.1 Å². The highest BCUT2D eigenvalue weighted by Gasteiger charge is 1.94. The molecule has 5 nitrogen and oxygen atoms in total. The molecule has 0 saturated heterocycles. The van der Waals surface area contributed by atoms with Gasteiger partial charge in [0.05, 0.1) is 0 Å². The number of aromatic amines is 1. The first-order valence-corrected chi connectivity index (χ1v) is 3.16. The molecule has 56 valence electrons. The lowest BCUT2D eigenvalue weighted by molar-refractivity contribution is 0.988. The van der Waals surface area contributed by atoms with Crippen molar-refractivity contribution < 1.29 is 0 Å². The summed E-state index contributed by atoms with van der Waals surface area (Å²) >= 11 is 0. The highest BCUT2D eigenvalue weighted by Crippen LogP contribution is 1.94. The Labute approximate surface area is 59.0 Å². The third-order valence-corrected chi connectivity index (χ3v) is 1.02. The summed E-state index contributed by atoms with van der Waals surface area (Å²) in [4.78, 5) is 4.01. The van der Waals surface area contributed by atoms with Gasteiger partial charge in [-0.2, -0.15) is 4.98 Å². The molecule has 1 heterocycles. The van der Waals surface area contributed by atoms with Crippen LogP contribution in [0.1, 0.15) is 5.82 Å². The number of hydrogen-bond acceptors (Lipinski definition) is 4. The molecule has 0 unspecified atom stereocenters. The van der Waals surface area contributed by atoms with E-state index >= 15 is 0 Å². The molecule has 0 amide bonds. The maximum atomic E-state index is 5.25. The molecule has 10 heavy (non-hydrogen) atoms. The van der Waals surface area contributed by atoms with E-state index in [2.05, 4.69) is 20.5 Å². The molecule has 5 heteroatoms. The summed E-state index contributed by atoms with van der Waals surface area (Å²) in [6.45, 7) is 3.14. The van der Waals surface area contributed by atoms with Crippen molar-refractivity contribution in [2.75, 3.05) is 18.4 Å². The summed E-state index contributed by atoms with van der Waals surface area (Å²) in [5, 5.41) is 9.50. The largest absolute Gasteiger partial charge is 0.352 e. The predicted octanol–water partition coefficient (Wildman–Crippen LogP) is -0.516. The van der Waals surface area contributed by atoms with Gasteiger partial charge in [0.2, 0.25) is 5.95 Å². The van der Waals surface area contributed by atoms with Gasteiger partial charge in [-0.05, 0) is 6.92 Å². The molecule has 0 spiro atoms. The van der Waals surface area contributed by atoms with Gasteiger partial charge in [-0.15, -0.1) is 5.10 Å². The molecule has 0 aliphatic rings. The molecule has 0 aliphatic carbocycles. The Kier molecular flexibility index (Phi) is 2.22. The third kappa shape index (κ3) is 1.70. The zero-order valence-electron chi connectivity index (χ0n) is 5.89. The highest BCUT2D eigenvalue weighted by molar-refractivity contribution is 5.21. The van der Waals surface area contributed by atoms with E-state index in [0.717, 1.165) is 5.82 Å². The Hall–Kier alpha value is -1.10. The molecule has 0 saturated carbocycles. The number of aryl methyl sites for hydroxylation is 1. The molecular weight excluding hydrogens is 130 g/mol. The Balaban J connectivity index is 2.42. The number of rotatable bonds is 3. The molecule has 0 radical (unpaired) electrons. The molecule has 0 atom stereocenters. The monoisotopic (exact) mass is 141 g/mol. The van der Waals surface area contributed by atoms with Crippen molar-refractivity contribution in [1.82, 2.24) is 15.2 Å². The quantitative estimate of drug-likeness (QED) is 0.529. The van der Waals surface area contributed by atoms with E-state index < -0.39 is 0 Å². The van der Waals surface area contributed by atoms with E-state index in [1.165, 1.54) is 0 Å². The van der Waals surface area contributed by atoms with Crippen LogP contribution >= 0.6 is 0 Å². The zero-order valence-corrected chi connectivity index (χ0v) is 5.89. The minimum Gasteiger partial charge on any atom is -0.352 e. The summed E-state index contributed by atoms with van der Waals surface area (Å²) in [5.41, 5.74) is 5.25. The number of hydrogen-bond donors (Lipinski definition) is 3. The van der Waals surface area contributed by atoms with Crippen LogP contribution in [0.5, 0.6) is 0 Å². The SMILES string of the molecule is Cc1nc(NCCN)n[nH]1. The van der Waals surface area contributed by atoms with Crippen LogP contribution in [0.3, 0.4) is 0 Å². The maximum Gasteiger partial charge on any atom is 0.242 e. The topological polar surface area (TPSA) is 79.6 Å². The third-order valence-electron chi connectivity index (χ3n) is 1.02. The second kappa shape index (κ2) is 3.17. The number of aromatic nitrogens is 3. The maximum absolute atomic E-state index is 5.25. The fraction of sp³-hybridized carbons (Fsp3) is 0.600. The Morgan fingerprint density at radius 1 is 1.70 bits per heavy atom. The van der Waals surface area contributed by atoms with Crippen LogP contribution in [0.2, 0.25) is 0 Å². The molecule has 1 aromatic heterocycles. The summed E-state index contributed by atoms with van der Waals surface area (Å²) in [5.74, 6) is 1.42. The lowest BCUT2D eigenvalue weighted by Gasteiger charge is -1.94. The van der Waals surface area contributed by atoms with Crippen molar-refractivity contribution in [1.29, 1.82) is 0 Å². The Morgan fingerprint density at radius 3 is 3.00 bits per heavy atom. The van der Waals surface area contributed by atoms with Crippen molar-refractivity contribution >= 4 is 5.95 Å². The first kappa shape index (κ1) is 7.01. The zero-order chi connectivity index (χ0) is 7.40. The van der Waals surface area contributed by atoms with Gasteiger partial charge in [0.1, 0.15) is 5.82 Å². The lowest BCUT2D eigenvalue weighted by atomic mass is 10.6. The second-order valence-electron chi connectivity index (χ2n) is 1.96. The minimum absolute atomic E-state index is 0.591. The highest BCUT2D eigenvalue weighted by atomic mass is 15.3. The van der Waals surface area contributed by atoms with Gasteiger partial charge in [0, 0.05) is 13.1 Å². The van der Waals surface area contributed by atoms with Crippen LogP contribution in [0, 0.1) is 6.92 Å². The van der Waals surface area contributed by atoms with Crippen molar-refractivity contribution in [2.24, 2.45) is 5.73 Å². The molecule has 4 N–H and O–H groups in total. The van der Waals surface area contributed by atoms with Crippen LogP contribution in [-0.2, 0) is 0 Å². The number of anilines is 1. The van der Waals surface area contributed by atoms with Gasteiger partial charge in [0.15, 0.2) is 0 Å². The first-order valence-electron chi connectivity index (χ1n) is 3.16. The molecular formula is C5H11N5. The first-order chi connectivity index (χ1) is 4.83. The summed E-state index contributed by atoms with van der Waals surface area (Å²) in [6, 6.07) is 0. The van der Waals surface area contributed by atoms with Gasteiger partial charge in [0.25, 0.3) is 0 Å². The van der Waals surface area contributed by atoms with E-state index in [1.54, 1.807) is 0 Å². The summed E-state index contributed by atoms with van der Waals surface area (Å²) in [7, 11) is 0. The predicted molar refractivity (Wildman–Crippen MR) is 38.7 cm³/mol. The van der Waals surface area contributed by atoms with Crippen molar-refractivity contribution in [3.8, 4) is 0 Å². The van der Waals surface area contributed by atoms with Gasteiger partial charge >= 0.3 is 0 Å². The molecule has 1 aromatic rings. The molecule has 0 aromatic carbocycles. The summed E-state index contributed by atoms with van der Waals surface area (Å²) < 4.78 is 0. The average Bonchev–Trinajstić information content (AvgIpc) is 2.31. The van der Waals surface area contributed by atoms with Crippen molar-refractivity contribution in [2.45, 2.75) is 6.92 Å². The van der Waals surface area contributed by atoms with Crippen LogP contribution in [0.25, 0.3) is 0 Å². The number of H-pyrrole nitrogens is 1. The fourth-order valence-corrected chi connectivity index (χ4v) is 0.606. The van der Waals surface area contributed by atoms with E-state index in [-0.39, 0.29) is 0 Å². The normalized spacial score (nSPS) is 9.80. The smallest absolute Gasteiger partial charge is 0.242 e. The van der Waals surface area contributed by atoms with Gasteiger partial charge in [-0.1, -0.05) is 0 Å². The Bertz CT molecular complexity index is 194. The number of nitrogens with one attached hydrogen (secondary N) is 2. The minimum atomic E-state index is 0.591. The van der Waals surface area contributed by atoms with E-state index in [1.807, 2.05) is 6.92 Å². The van der Waals surface area contributed by atoms with E-state index in [4.69, 9.17) is 5.73 Å².